The van der Waals surface area contributed by atoms with Gasteiger partial charge in [0.15, 0.2) is 0 Å². The van der Waals surface area contributed by atoms with Crippen LogP contribution in [0.5, 0.6) is 0 Å². The van der Waals surface area contributed by atoms with E-state index in [1.165, 1.54) is 14.2 Å². The van der Waals surface area contributed by atoms with E-state index in [0.29, 0.717) is 6.61 Å². The van der Waals surface area contributed by atoms with E-state index in [1.807, 2.05) is 30.3 Å². The summed E-state index contributed by atoms with van der Waals surface area (Å²) in [6, 6.07) is 8.49. The maximum atomic E-state index is 11.8. The molecule has 0 aliphatic rings. The van der Waals surface area contributed by atoms with Gasteiger partial charge in [-0.15, -0.1) is 0 Å². The summed E-state index contributed by atoms with van der Waals surface area (Å²) >= 11 is 0. The summed E-state index contributed by atoms with van der Waals surface area (Å²) in [5.41, 5.74) is 0.940. The first-order valence-corrected chi connectivity index (χ1v) is 7.12. The molecule has 0 unspecified atom stereocenters. The van der Waals surface area contributed by atoms with Crippen LogP contribution in [0.25, 0.3) is 0 Å². The molecule has 0 aliphatic carbocycles. The van der Waals surface area contributed by atoms with Crippen LogP contribution in [-0.4, -0.2) is 44.7 Å². The van der Waals surface area contributed by atoms with Gasteiger partial charge in [0.05, 0.1) is 20.8 Å². The number of rotatable bonds is 9. The standard InChI is InChI=1S/C16H21NO6/c1-21-15(19)9-8-13(16(20)22-2)17-14(18)11-23-10-12-6-4-3-5-7-12/h3-7,13H,8-11H2,1-2H3,(H,17,18)/t13-/m0/s1. The summed E-state index contributed by atoms with van der Waals surface area (Å²) in [7, 11) is 2.47. The Morgan fingerprint density at radius 1 is 1.09 bits per heavy atom. The SMILES string of the molecule is COC(=O)CC[C@H](NC(=O)COCc1ccccc1)C(=O)OC. The van der Waals surface area contributed by atoms with Crippen molar-refractivity contribution in [3.05, 3.63) is 35.9 Å². The van der Waals surface area contributed by atoms with Crippen molar-refractivity contribution in [2.24, 2.45) is 0 Å². The van der Waals surface area contributed by atoms with E-state index in [-0.39, 0.29) is 19.4 Å². The zero-order chi connectivity index (χ0) is 17.1. The van der Waals surface area contributed by atoms with Gasteiger partial charge in [-0.1, -0.05) is 30.3 Å². The van der Waals surface area contributed by atoms with Crippen LogP contribution in [0.4, 0.5) is 0 Å². The Balaban J connectivity index is 2.40. The summed E-state index contributed by atoms with van der Waals surface area (Å²) in [6.45, 7) is 0.0971. The zero-order valence-corrected chi connectivity index (χ0v) is 13.2. The van der Waals surface area contributed by atoms with Gasteiger partial charge in [-0.3, -0.25) is 9.59 Å². The van der Waals surface area contributed by atoms with Gasteiger partial charge in [0, 0.05) is 6.42 Å². The number of benzene rings is 1. The van der Waals surface area contributed by atoms with Gasteiger partial charge in [-0.25, -0.2) is 4.79 Å². The minimum absolute atomic E-state index is 0.00141. The number of carbonyl (C=O) groups is 3. The minimum atomic E-state index is -0.910. The molecule has 0 aliphatic heterocycles. The quantitative estimate of drug-likeness (QED) is 0.676. The molecule has 1 N–H and O–H groups in total. The maximum absolute atomic E-state index is 11.8. The second kappa shape index (κ2) is 10.3. The second-order valence-corrected chi connectivity index (χ2v) is 4.74. The van der Waals surface area contributed by atoms with E-state index in [1.54, 1.807) is 0 Å². The van der Waals surface area contributed by atoms with E-state index in [2.05, 4.69) is 14.8 Å². The van der Waals surface area contributed by atoms with E-state index >= 15 is 0 Å². The molecule has 1 aromatic carbocycles. The molecule has 1 aromatic rings. The molecule has 0 saturated carbocycles. The molecule has 0 fully saturated rings. The molecule has 1 amide bonds. The molecule has 1 rings (SSSR count). The van der Waals surface area contributed by atoms with Crippen LogP contribution in [0, 0.1) is 0 Å². The lowest BCUT2D eigenvalue weighted by Crippen LogP contribution is -2.43. The molecule has 7 nitrogen and oxygen atoms in total. The highest BCUT2D eigenvalue weighted by atomic mass is 16.5. The van der Waals surface area contributed by atoms with Gasteiger partial charge in [0.25, 0.3) is 0 Å². The highest BCUT2D eigenvalue weighted by molar-refractivity contribution is 5.85. The molecule has 0 heterocycles. The summed E-state index contributed by atoms with van der Waals surface area (Å²) < 4.78 is 14.4. The second-order valence-electron chi connectivity index (χ2n) is 4.74. The van der Waals surface area contributed by atoms with Gasteiger partial charge in [-0.05, 0) is 12.0 Å². The third-order valence-corrected chi connectivity index (χ3v) is 3.03. The molecule has 23 heavy (non-hydrogen) atoms. The summed E-state index contributed by atoms with van der Waals surface area (Å²) in [5, 5.41) is 2.49. The lowest BCUT2D eigenvalue weighted by Gasteiger charge is -2.16. The third-order valence-electron chi connectivity index (χ3n) is 3.03. The fourth-order valence-electron chi connectivity index (χ4n) is 1.83. The van der Waals surface area contributed by atoms with Crippen LogP contribution >= 0.6 is 0 Å². The first kappa shape index (κ1) is 18.6. The smallest absolute Gasteiger partial charge is 0.328 e. The van der Waals surface area contributed by atoms with Gasteiger partial charge in [0.2, 0.25) is 5.91 Å². The van der Waals surface area contributed by atoms with E-state index in [0.717, 1.165) is 5.56 Å². The predicted molar refractivity (Wildman–Crippen MR) is 81.3 cm³/mol. The molecule has 0 aromatic heterocycles. The largest absolute Gasteiger partial charge is 0.469 e. The first-order chi connectivity index (χ1) is 11.1. The van der Waals surface area contributed by atoms with Crippen molar-refractivity contribution >= 4 is 17.8 Å². The molecular weight excluding hydrogens is 302 g/mol. The van der Waals surface area contributed by atoms with Crippen molar-refractivity contribution in [3.63, 3.8) is 0 Å². The minimum Gasteiger partial charge on any atom is -0.469 e. The number of amides is 1. The summed E-state index contributed by atoms with van der Waals surface area (Å²) in [6.07, 6.45) is 0.102. The number of nitrogens with one attached hydrogen (secondary N) is 1. The predicted octanol–water partition coefficient (Wildman–Crippen LogP) is 0.814. The fourth-order valence-corrected chi connectivity index (χ4v) is 1.83. The van der Waals surface area contributed by atoms with Gasteiger partial charge in [-0.2, -0.15) is 0 Å². The molecular formula is C16H21NO6. The monoisotopic (exact) mass is 323 g/mol. The number of methoxy groups -OCH3 is 2. The Labute approximate surface area is 134 Å². The van der Waals surface area contributed by atoms with Crippen molar-refractivity contribution in [1.82, 2.24) is 5.32 Å². The fraction of sp³-hybridized carbons (Fsp3) is 0.438. The molecule has 126 valence electrons. The van der Waals surface area contributed by atoms with Gasteiger partial charge >= 0.3 is 11.9 Å². The number of esters is 2. The Morgan fingerprint density at radius 3 is 2.39 bits per heavy atom. The first-order valence-electron chi connectivity index (χ1n) is 7.12. The van der Waals surface area contributed by atoms with E-state index < -0.39 is 23.9 Å². The van der Waals surface area contributed by atoms with Crippen molar-refractivity contribution in [2.75, 3.05) is 20.8 Å². The zero-order valence-electron chi connectivity index (χ0n) is 13.2. The average Bonchev–Trinajstić information content (AvgIpc) is 2.58. The van der Waals surface area contributed by atoms with Crippen LogP contribution in [-0.2, 0) is 35.2 Å². The maximum Gasteiger partial charge on any atom is 0.328 e. The normalized spacial score (nSPS) is 11.4. The number of hydrogen-bond donors (Lipinski definition) is 1. The van der Waals surface area contributed by atoms with Crippen LogP contribution in [0.2, 0.25) is 0 Å². The third kappa shape index (κ3) is 7.42. The molecule has 0 bridgehead atoms. The molecule has 1 atom stereocenters. The van der Waals surface area contributed by atoms with Gasteiger partial charge in [0.1, 0.15) is 12.6 Å². The van der Waals surface area contributed by atoms with Crippen LogP contribution in [0.3, 0.4) is 0 Å². The van der Waals surface area contributed by atoms with Crippen molar-refractivity contribution in [2.45, 2.75) is 25.5 Å². The van der Waals surface area contributed by atoms with E-state index in [4.69, 9.17) is 4.74 Å². The highest BCUT2D eigenvalue weighted by Crippen LogP contribution is 2.03. The molecule has 0 saturated heterocycles. The molecule has 0 radical (unpaired) electrons. The summed E-state index contributed by atoms with van der Waals surface area (Å²) in [5.74, 6) is -1.54. The number of carbonyl (C=O) groups excluding carboxylic acids is 3. The van der Waals surface area contributed by atoms with Crippen molar-refractivity contribution in [1.29, 1.82) is 0 Å². The Kier molecular flexibility index (Phi) is 8.38. The van der Waals surface area contributed by atoms with E-state index in [9.17, 15) is 14.4 Å². The summed E-state index contributed by atoms with van der Waals surface area (Å²) in [4.78, 5) is 34.6. The molecule has 7 heteroatoms. The lowest BCUT2D eigenvalue weighted by atomic mass is 10.1. The number of hydrogen-bond acceptors (Lipinski definition) is 6. The van der Waals surface area contributed by atoms with Crippen molar-refractivity contribution in [3.8, 4) is 0 Å². The Bertz CT molecular complexity index is 517. The Morgan fingerprint density at radius 2 is 1.78 bits per heavy atom. The number of ether oxygens (including phenoxy) is 3. The van der Waals surface area contributed by atoms with Crippen molar-refractivity contribution < 1.29 is 28.6 Å². The van der Waals surface area contributed by atoms with Gasteiger partial charge < -0.3 is 19.5 Å². The Hall–Kier alpha value is -2.41. The highest BCUT2D eigenvalue weighted by Gasteiger charge is 2.22. The average molecular weight is 323 g/mol. The topological polar surface area (TPSA) is 90.9 Å². The lowest BCUT2D eigenvalue weighted by molar-refractivity contribution is -0.147. The van der Waals surface area contributed by atoms with Crippen LogP contribution in [0.1, 0.15) is 18.4 Å². The van der Waals surface area contributed by atoms with Crippen LogP contribution in [0.15, 0.2) is 30.3 Å². The van der Waals surface area contributed by atoms with Crippen LogP contribution < -0.4 is 5.32 Å². The molecule has 0 spiro atoms.